The van der Waals surface area contributed by atoms with E-state index in [0.717, 1.165) is 4.90 Å². The van der Waals surface area contributed by atoms with Gasteiger partial charge in [-0.2, -0.15) is 0 Å². The summed E-state index contributed by atoms with van der Waals surface area (Å²) in [5, 5.41) is 20.0. The van der Waals surface area contributed by atoms with Crippen molar-refractivity contribution >= 4 is 12.1 Å². The molecule has 1 fully saturated rings. The van der Waals surface area contributed by atoms with Crippen molar-refractivity contribution in [3.05, 3.63) is 0 Å². The molecule has 0 bridgehead atoms. The maximum atomic E-state index is 10.5. The zero-order chi connectivity index (χ0) is 9.14. The van der Waals surface area contributed by atoms with Crippen molar-refractivity contribution in [2.75, 3.05) is 19.6 Å². The van der Waals surface area contributed by atoms with E-state index in [2.05, 4.69) is 5.32 Å². The Balaban J connectivity index is 2.67. The van der Waals surface area contributed by atoms with E-state index in [9.17, 15) is 9.59 Å². The molecule has 0 saturated carbocycles. The van der Waals surface area contributed by atoms with Crippen molar-refractivity contribution in [3.8, 4) is 0 Å². The van der Waals surface area contributed by atoms with Crippen LogP contribution >= 0.6 is 0 Å². The van der Waals surface area contributed by atoms with E-state index in [4.69, 9.17) is 10.2 Å². The number of nitrogens with one attached hydrogen (secondary N) is 1. The first kappa shape index (κ1) is 8.79. The predicted octanol–water partition coefficient (Wildman–Crippen LogP) is -0.977. The molecule has 1 saturated heterocycles. The maximum absolute atomic E-state index is 10.5. The number of aliphatic carboxylic acids is 1. The van der Waals surface area contributed by atoms with Gasteiger partial charge in [-0.15, -0.1) is 0 Å². The van der Waals surface area contributed by atoms with Crippen LogP contribution in [-0.2, 0) is 4.79 Å². The molecule has 0 aromatic carbocycles. The minimum Gasteiger partial charge on any atom is -0.480 e. The van der Waals surface area contributed by atoms with Crippen molar-refractivity contribution < 1.29 is 19.8 Å². The van der Waals surface area contributed by atoms with Crippen molar-refractivity contribution in [2.24, 2.45) is 0 Å². The molecule has 6 nitrogen and oxygen atoms in total. The Kier molecular flexibility index (Phi) is 2.49. The van der Waals surface area contributed by atoms with Gasteiger partial charge in [0, 0.05) is 19.6 Å². The van der Waals surface area contributed by atoms with E-state index in [1.165, 1.54) is 0 Å². The number of amides is 1. The van der Waals surface area contributed by atoms with Crippen LogP contribution < -0.4 is 5.32 Å². The molecule has 0 unspecified atom stereocenters. The van der Waals surface area contributed by atoms with Crippen molar-refractivity contribution in [1.82, 2.24) is 10.2 Å². The van der Waals surface area contributed by atoms with E-state index in [1.54, 1.807) is 0 Å². The summed E-state index contributed by atoms with van der Waals surface area (Å²) in [6.45, 7) is 0.921. The van der Waals surface area contributed by atoms with Gasteiger partial charge in [0.15, 0.2) is 0 Å². The van der Waals surface area contributed by atoms with E-state index in [1.807, 2.05) is 0 Å². The Labute approximate surface area is 68.8 Å². The zero-order valence-electron chi connectivity index (χ0n) is 6.36. The highest BCUT2D eigenvalue weighted by Crippen LogP contribution is 2.03. The van der Waals surface area contributed by atoms with Crippen molar-refractivity contribution in [3.63, 3.8) is 0 Å². The first-order chi connectivity index (χ1) is 5.63. The van der Waals surface area contributed by atoms with Crippen LogP contribution in [0.15, 0.2) is 0 Å². The lowest BCUT2D eigenvalue weighted by Crippen LogP contribution is -2.56. The molecule has 1 aliphatic rings. The summed E-state index contributed by atoms with van der Waals surface area (Å²) in [7, 11) is 0. The normalized spacial score (nSPS) is 23.7. The second kappa shape index (κ2) is 3.40. The Morgan fingerprint density at radius 1 is 1.42 bits per heavy atom. The Morgan fingerprint density at radius 3 is 2.50 bits per heavy atom. The van der Waals surface area contributed by atoms with Crippen LogP contribution in [0.1, 0.15) is 0 Å². The van der Waals surface area contributed by atoms with E-state index in [0.29, 0.717) is 6.54 Å². The van der Waals surface area contributed by atoms with Crippen molar-refractivity contribution in [1.29, 1.82) is 0 Å². The van der Waals surface area contributed by atoms with E-state index < -0.39 is 18.1 Å². The first-order valence-electron chi connectivity index (χ1n) is 3.56. The second-order valence-electron chi connectivity index (χ2n) is 2.53. The van der Waals surface area contributed by atoms with Crippen LogP contribution in [0.2, 0.25) is 0 Å². The summed E-state index contributed by atoms with van der Waals surface area (Å²) in [4.78, 5) is 22.0. The molecule has 1 heterocycles. The third-order valence-electron chi connectivity index (χ3n) is 1.77. The lowest BCUT2D eigenvalue weighted by atomic mass is 10.2. The minimum absolute atomic E-state index is 0.182. The van der Waals surface area contributed by atoms with Crippen molar-refractivity contribution in [2.45, 2.75) is 6.04 Å². The number of carboxylic acid groups (broad SMARTS) is 2. The fraction of sp³-hybridized carbons (Fsp3) is 0.667. The van der Waals surface area contributed by atoms with E-state index >= 15 is 0 Å². The minimum atomic E-state index is -1.18. The SMILES string of the molecule is O=C(O)[C@@H]1CNCCN1C(=O)O. The fourth-order valence-electron chi connectivity index (χ4n) is 1.15. The van der Waals surface area contributed by atoms with Crippen LogP contribution in [0, 0.1) is 0 Å². The zero-order valence-corrected chi connectivity index (χ0v) is 6.36. The van der Waals surface area contributed by atoms with Gasteiger partial charge < -0.3 is 15.5 Å². The van der Waals surface area contributed by atoms with Gasteiger partial charge in [-0.25, -0.2) is 9.59 Å². The van der Waals surface area contributed by atoms with Gasteiger partial charge in [0.2, 0.25) is 0 Å². The molecule has 68 valence electrons. The Morgan fingerprint density at radius 2 is 2.08 bits per heavy atom. The third-order valence-corrected chi connectivity index (χ3v) is 1.77. The average Bonchev–Trinajstić information content (AvgIpc) is 2.04. The number of hydrogen-bond donors (Lipinski definition) is 3. The molecular formula is C6H10N2O4. The number of piperazine rings is 1. The quantitative estimate of drug-likeness (QED) is 0.475. The highest BCUT2D eigenvalue weighted by molar-refractivity contribution is 5.79. The summed E-state index contributed by atoms with van der Waals surface area (Å²) in [5.41, 5.74) is 0. The highest BCUT2D eigenvalue weighted by Gasteiger charge is 2.31. The molecule has 0 aromatic rings. The van der Waals surface area contributed by atoms with Gasteiger partial charge in [0.05, 0.1) is 0 Å². The number of nitrogens with zero attached hydrogens (tertiary/aromatic N) is 1. The van der Waals surface area contributed by atoms with Crippen LogP contribution in [0.25, 0.3) is 0 Å². The summed E-state index contributed by atoms with van der Waals surface area (Å²) < 4.78 is 0. The molecule has 6 heteroatoms. The molecule has 0 spiro atoms. The first-order valence-corrected chi connectivity index (χ1v) is 3.56. The average molecular weight is 174 g/mol. The Hall–Kier alpha value is -1.30. The number of rotatable bonds is 1. The van der Waals surface area contributed by atoms with Crippen LogP contribution in [0.5, 0.6) is 0 Å². The number of hydrogen-bond acceptors (Lipinski definition) is 3. The largest absolute Gasteiger partial charge is 0.480 e. The van der Waals surface area contributed by atoms with Crippen LogP contribution in [-0.4, -0.2) is 52.9 Å². The topological polar surface area (TPSA) is 89.9 Å². The van der Waals surface area contributed by atoms with E-state index in [-0.39, 0.29) is 13.1 Å². The van der Waals surface area contributed by atoms with Gasteiger partial charge in [-0.1, -0.05) is 0 Å². The lowest BCUT2D eigenvalue weighted by molar-refractivity contribution is -0.143. The van der Waals surface area contributed by atoms with Gasteiger partial charge >= 0.3 is 12.1 Å². The molecule has 3 N–H and O–H groups in total. The molecule has 1 atom stereocenters. The van der Waals surface area contributed by atoms with Gasteiger partial charge in [0.25, 0.3) is 0 Å². The summed E-state index contributed by atoms with van der Waals surface area (Å²) >= 11 is 0. The maximum Gasteiger partial charge on any atom is 0.408 e. The standard InChI is InChI=1S/C6H10N2O4/c9-5(10)4-3-7-1-2-8(4)6(11)12/h4,7H,1-3H2,(H,9,10)(H,11,12)/t4-/m0/s1. The third kappa shape index (κ3) is 1.65. The highest BCUT2D eigenvalue weighted by atomic mass is 16.4. The second-order valence-corrected chi connectivity index (χ2v) is 2.53. The molecular weight excluding hydrogens is 164 g/mol. The molecule has 0 radical (unpaired) electrons. The summed E-state index contributed by atoms with van der Waals surface area (Å²) in [5.74, 6) is -1.11. The molecule has 1 rings (SSSR count). The molecule has 0 aliphatic carbocycles. The monoisotopic (exact) mass is 174 g/mol. The fourth-order valence-corrected chi connectivity index (χ4v) is 1.15. The van der Waals surface area contributed by atoms with Gasteiger partial charge in [-0.3, -0.25) is 4.90 Å². The molecule has 1 aliphatic heterocycles. The van der Waals surface area contributed by atoms with Crippen LogP contribution in [0.3, 0.4) is 0 Å². The van der Waals surface area contributed by atoms with Gasteiger partial charge in [0.1, 0.15) is 6.04 Å². The lowest BCUT2D eigenvalue weighted by Gasteiger charge is -2.30. The number of carbonyl (C=O) groups is 2. The van der Waals surface area contributed by atoms with Gasteiger partial charge in [-0.05, 0) is 0 Å². The summed E-state index contributed by atoms with van der Waals surface area (Å²) in [6, 6.07) is -0.948. The van der Waals surface area contributed by atoms with Crippen LogP contribution in [0.4, 0.5) is 4.79 Å². The molecule has 1 amide bonds. The molecule has 0 aromatic heterocycles. The predicted molar refractivity (Wildman–Crippen MR) is 39.0 cm³/mol. The Bertz CT molecular complexity index is 184. The number of carboxylic acids is 1. The smallest absolute Gasteiger partial charge is 0.408 e. The summed E-state index contributed by atoms with van der Waals surface area (Å²) in [6.07, 6.45) is -1.18. The molecule has 12 heavy (non-hydrogen) atoms.